The van der Waals surface area contributed by atoms with E-state index in [1.54, 1.807) is 0 Å². The Labute approximate surface area is 123 Å². The van der Waals surface area contributed by atoms with E-state index in [-0.39, 0.29) is 34.1 Å². The minimum atomic E-state index is -3.73. The van der Waals surface area contributed by atoms with Gasteiger partial charge in [-0.1, -0.05) is 0 Å². The van der Waals surface area contributed by atoms with E-state index in [2.05, 4.69) is 0 Å². The molecule has 21 heavy (non-hydrogen) atoms. The molecule has 1 unspecified atom stereocenters. The molecule has 0 aliphatic rings. The first-order chi connectivity index (χ1) is 9.72. The van der Waals surface area contributed by atoms with Gasteiger partial charge in [0.1, 0.15) is 5.56 Å². The fourth-order valence-corrected chi connectivity index (χ4v) is 3.19. The van der Waals surface area contributed by atoms with E-state index >= 15 is 0 Å². The van der Waals surface area contributed by atoms with Gasteiger partial charge in [0.2, 0.25) is 0 Å². The average Bonchev–Trinajstić information content (AvgIpc) is 2.43. The smallest absolute Gasteiger partial charge is 0.339 e. The molecular weight excluding hydrogens is 300 g/mol. The largest absolute Gasteiger partial charge is 0.493 e. The van der Waals surface area contributed by atoms with Crippen molar-refractivity contribution in [2.45, 2.75) is 24.3 Å². The van der Waals surface area contributed by atoms with E-state index in [1.165, 1.54) is 27.2 Å². The van der Waals surface area contributed by atoms with Crippen LogP contribution in [0.4, 0.5) is 0 Å². The molecule has 1 aromatic carbocycles. The van der Waals surface area contributed by atoms with E-state index in [1.807, 2.05) is 0 Å². The van der Waals surface area contributed by atoms with Crippen LogP contribution in [0.5, 0.6) is 11.5 Å². The number of hydrogen-bond donors (Lipinski definition) is 2. The standard InChI is InChI=1S/C13H18O7S/c1-8(14)4-5-21(17,18)9-6-10(13(15)16)12(20-3)11(7-9)19-2/h6-8,14H,4-5H2,1-3H3,(H,15,16). The number of carboxylic acid groups (broad SMARTS) is 1. The highest BCUT2D eigenvalue weighted by Crippen LogP contribution is 2.34. The number of carboxylic acids is 1. The highest BCUT2D eigenvalue weighted by molar-refractivity contribution is 7.91. The highest BCUT2D eigenvalue weighted by Gasteiger charge is 2.24. The van der Waals surface area contributed by atoms with E-state index < -0.39 is 21.9 Å². The summed E-state index contributed by atoms with van der Waals surface area (Å²) < 4.78 is 34.3. The van der Waals surface area contributed by atoms with Gasteiger partial charge in [0.05, 0.1) is 31.0 Å². The lowest BCUT2D eigenvalue weighted by atomic mass is 10.2. The molecule has 0 fully saturated rings. The second-order valence-corrected chi connectivity index (χ2v) is 6.58. The van der Waals surface area contributed by atoms with Crippen LogP contribution in [0, 0.1) is 0 Å². The van der Waals surface area contributed by atoms with Crippen molar-refractivity contribution >= 4 is 15.8 Å². The van der Waals surface area contributed by atoms with E-state index in [0.717, 1.165) is 6.07 Å². The van der Waals surface area contributed by atoms with Crippen LogP contribution in [0.15, 0.2) is 17.0 Å². The quantitative estimate of drug-likeness (QED) is 0.770. The fraction of sp³-hybridized carbons (Fsp3) is 0.462. The average molecular weight is 318 g/mol. The van der Waals surface area contributed by atoms with Gasteiger partial charge in [0.15, 0.2) is 21.3 Å². The molecule has 8 heteroatoms. The molecule has 0 heterocycles. The molecule has 0 radical (unpaired) electrons. The molecule has 0 aliphatic carbocycles. The highest BCUT2D eigenvalue weighted by atomic mass is 32.2. The molecular formula is C13H18O7S. The zero-order valence-electron chi connectivity index (χ0n) is 12.0. The van der Waals surface area contributed by atoms with Crippen LogP contribution >= 0.6 is 0 Å². The van der Waals surface area contributed by atoms with E-state index in [0.29, 0.717) is 0 Å². The first-order valence-corrected chi connectivity index (χ1v) is 7.78. The molecule has 0 spiro atoms. The van der Waals surface area contributed by atoms with Crippen molar-refractivity contribution in [2.75, 3.05) is 20.0 Å². The molecule has 2 N–H and O–H groups in total. The monoisotopic (exact) mass is 318 g/mol. The zero-order valence-corrected chi connectivity index (χ0v) is 12.8. The van der Waals surface area contributed by atoms with Crippen LogP contribution in [0.25, 0.3) is 0 Å². The maximum absolute atomic E-state index is 12.2. The third kappa shape index (κ3) is 4.08. The van der Waals surface area contributed by atoms with Crippen molar-refractivity contribution < 1.29 is 32.9 Å². The summed E-state index contributed by atoms with van der Waals surface area (Å²) in [6.45, 7) is 1.48. The van der Waals surface area contributed by atoms with Crippen LogP contribution in [-0.2, 0) is 9.84 Å². The Kier molecular flexibility index (Phi) is 5.56. The molecule has 0 bridgehead atoms. The molecule has 1 atom stereocenters. The topological polar surface area (TPSA) is 110 Å². The van der Waals surface area contributed by atoms with Crippen molar-refractivity contribution in [3.05, 3.63) is 17.7 Å². The number of sulfone groups is 1. The summed E-state index contributed by atoms with van der Waals surface area (Å²) in [6.07, 6.45) is -0.710. The van der Waals surface area contributed by atoms with Crippen molar-refractivity contribution in [1.82, 2.24) is 0 Å². The van der Waals surface area contributed by atoms with Gasteiger partial charge in [-0.15, -0.1) is 0 Å². The molecule has 0 amide bonds. The second kappa shape index (κ2) is 6.77. The van der Waals surface area contributed by atoms with Crippen LogP contribution in [0.3, 0.4) is 0 Å². The van der Waals surface area contributed by atoms with Crippen molar-refractivity contribution in [1.29, 1.82) is 0 Å². The lowest BCUT2D eigenvalue weighted by Gasteiger charge is -2.13. The Bertz CT molecular complexity index is 620. The van der Waals surface area contributed by atoms with Crippen LogP contribution in [-0.4, -0.2) is 50.7 Å². The molecule has 0 aliphatic heterocycles. The first kappa shape index (κ1) is 17.3. The lowest BCUT2D eigenvalue weighted by molar-refractivity contribution is 0.0692. The van der Waals surface area contributed by atoms with Gasteiger partial charge in [0, 0.05) is 6.07 Å². The fourth-order valence-electron chi connectivity index (χ4n) is 1.72. The number of carbonyl (C=O) groups is 1. The third-order valence-corrected chi connectivity index (χ3v) is 4.57. The summed E-state index contributed by atoms with van der Waals surface area (Å²) in [5.74, 6) is -1.63. The van der Waals surface area contributed by atoms with Gasteiger partial charge >= 0.3 is 5.97 Å². The van der Waals surface area contributed by atoms with Gasteiger partial charge in [-0.25, -0.2) is 13.2 Å². The summed E-state index contributed by atoms with van der Waals surface area (Å²) in [6, 6.07) is 2.24. The van der Waals surface area contributed by atoms with Crippen LogP contribution in [0.1, 0.15) is 23.7 Å². The molecule has 1 rings (SSSR count). The minimum absolute atomic E-state index is 0.0213. The normalized spacial score (nSPS) is 12.8. The number of aliphatic hydroxyl groups excluding tert-OH is 1. The van der Waals surface area contributed by atoms with Gasteiger partial charge in [-0.05, 0) is 19.4 Å². The summed E-state index contributed by atoms with van der Waals surface area (Å²) in [7, 11) is -1.17. The summed E-state index contributed by atoms with van der Waals surface area (Å²) in [4.78, 5) is 11.0. The number of ether oxygens (including phenoxy) is 2. The van der Waals surface area contributed by atoms with Crippen molar-refractivity contribution in [3.8, 4) is 11.5 Å². The van der Waals surface area contributed by atoms with Gasteiger partial charge in [-0.2, -0.15) is 0 Å². The third-order valence-electron chi connectivity index (χ3n) is 2.85. The first-order valence-electron chi connectivity index (χ1n) is 6.13. The predicted molar refractivity (Wildman–Crippen MR) is 74.9 cm³/mol. The van der Waals surface area contributed by atoms with Crippen molar-refractivity contribution in [2.24, 2.45) is 0 Å². The zero-order chi connectivity index (χ0) is 16.2. The maximum atomic E-state index is 12.2. The lowest BCUT2D eigenvalue weighted by Crippen LogP contribution is -2.14. The van der Waals surface area contributed by atoms with Gasteiger partial charge < -0.3 is 19.7 Å². The number of aromatic carboxylic acids is 1. The molecule has 0 aromatic heterocycles. The van der Waals surface area contributed by atoms with E-state index in [9.17, 15) is 18.3 Å². The Morgan fingerprint density at radius 2 is 1.90 bits per heavy atom. The molecule has 0 saturated heterocycles. The van der Waals surface area contributed by atoms with Crippen molar-refractivity contribution in [3.63, 3.8) is 0 Å². The SMILES string of the molecule is COc1cc(S(=O)(=O)CCC(C)O)cc(C(=O)O)c1OC. The van der Waals surface area contributed by atoms with Crippen LogP contribution < -0.4 is 9.47 Å². The number of hydrogen-bond acceptors (Lipinski definition) is 6. The summed E-state index contributed by atoms with van der Waals surface area (Å²) in [5.41, 5.74) is -0.299. The predicted octanol–water partition coefficient (Wildman–Crippen LogP) is 0.947. The van der Waals surface area contributed by atoms with E-state index in [4.69, 9.17) is 14.6 Å². The Morgan fingerprint density at radius 1 is 1.29 bits per heavy atom. The molecule has 7 nitrogen and oxygen atoms in total. The minimum Gasteiger partial charge on any atom is -0.493 e. The van der Waals surface area contributed by atoms with Gasteiger partial charge in [-0.3, -0.25) is 0 Å². The Hall–Kier alpha value is -1.80. The molecule has 1 aromatic rings. The summed E-state index contributed by atoms with van der Waals surface area (Å²) >= 11 is 0. The number of aliphatic hydroxyl groups is 1. The Balaban J connectivity index is 3.38. The number of benzene rings is 1. The summed E-state index contributed by atoms with van der Waals surface area (Å²) in [5, 5.41) is 18.3. The molecule has 118 valence electrons. The van der Waals surface area contributed by atoms with Gasteiger partial charge in [0.25, 0.3) is 0 Å². The van der Waals surface area contributed by atoms with Crippen LogP contribution in [0.2, 0.25) is 0 Å². The number of methoxy groups -OCH3 is 2. The molecule has 0 saturated carbocycles. The maximum Gasteiger partial charge on any atom is 0.339 e. The number of rotatable bonds is 7. The second-order valence-electron chi connectivity index (χ2n) is 4.47. The Morgan fingerprint density at radius 3 is 2.33 bits per heavy atom.